The summed E-state index contributed by atoms with van der Waals surface area (Å²) in [5.74, 6) is 0.197. The molecule has 0 spiro atoms. The van der Waals surface area contributed by atoms with Crippen molar-refractivity contribution in [1.82, 2.24) is 4.90 Å². The van der Waals surface area contributed by atoms with Crippen molar-refractivity contribution < 1.29 is 23.5 Å². The van der Waals surface area contributed by atoms with Crippen LogP contribution in [-0.4, -0.2) is 29.1 Å². The van der Waals surface area contributed by atoms with E-state index in [-0.39, 0.29) is 16.7 Å². The molecule has 2 heterocycles. The number of hydrogen-bond donors (Lipinski definition) is 0. The predicted molar refractivity (Wildman–Crippen MR) is 118 cm³/mol. The Bertz CT molecular complexity index is 1200. The van der Waals surface area contributed by atoms with Gasteiger partial charge in [0.25, 0.3) is 11.1 Å². The van der Waals surface area contributed by atoms with Gasteiger partial charge in [-0.15, -0.1) is 0 Å². The summed E-state index contributed by atoms with van der Waals surface area (Å²) in [6, 6.07) is 17.3. The minimum absolute atomic E-state index is 0.109. The Morgan fingerprint density at radius 3 is 2.55 bits per heavy atom. The summed E-state index contributed by atoms with van der Waals surface area (Å²) in [6.45, 7) is 0.109. The molecule has 8 heteroatoms. The first-order chi connectivity index (χ1) is 15.0. The molecule has 2 amide bonds. The molecular weight excluding hydrogens is 438 g/mol. The van der Waals surface area contributed by atoms with E-state index < -0.39 is 11.9 Å². The molecule has 0 aliphatic carbocycles. The summed E-state index contributed by atoms with van der Waals surface area (Å²) in [5, 5.41) is 0.140. The second kappa shape index (κ2) is 8.83. The fourth-order valence-electron chi connectivity index (χ4n) is 3.04. The molecule has 3 aromatic rings. The Morgan fingerprint density at radius 2 is 1.84 bits per heavy atom. The molecule has 6 nitrogen and oxygen atoms in total. The summed E-state index contributed by atoms with van der Waals surface area (Å²) >= 11 is 7.01. The van der Waals surface area contributed by atoms with Crippen molar-refractivity contribution >= 4 is 46.6 Å². The Balaban J connectivity index is 1.51. The molecule has 0 bridgehead atoms. The SMILES string of the molecule is COC(=O)c1ccc(-c2ccc(/C=C3\SC(=O)N(Cc4ccccc4Cl)C3=O)o2)cc1. The lowest BCUT2D eigenvalue weighted by Gasteiger charge is -2.13. The van der Waals surface area contributed by atoms with Gasteiger partial charge in [0.05, 0.1) is 24.1 Å². The minimum Gasteiger partial charge on any atom is -0.465 e. The first kappa shape index (κ1) is 21.0. The van der Waals surface area contributed by atoms with Crippen LogP contribution in [0.15, 0.2) is 70.0 Å². The third-order valence-corrected chi connectivity index (χ3v) is 5.93. The molecule has 4 rings (SSSR count). The Morgan fingerprint density at radius 1 is 1.10 bits per heavy atom. The van der Waals surface area contributed by atoms with Crippen LogP contribution in [0.1, 0.15) is 21.7 Å². The first-order valence-corrected chi connectivity index (χ1v) is 10.4. The second-order valence-corrected chi connectivity index (χ2v) is 8.03. The number of benzene rings is 2. The molecule has 1 fully saturated rings. The molecule has 31 heavy (non-hydrogen) atoms. The number of esters is 1. The quantitative estimate of drug-likeness (QED) is 0.368. The topological polar surface area (TPSA) is 76.8 Å². The van der Waals surface area contributed by atoms with Crippen LogP contribution >= 0.6 is 23.4 Å². The second-order valence-electron chi connectivity index (χ2n) is 6.63. The maximum absolute atomic E-state index is 12.7. The Kier molecular flexibility index (Phi) is 5.97. The van der Waals surface area contributed by atoms with E-state index in [4.69, 9.17) is 16.0 Å². The van der Waals surface area contributed by atoms with Crippen LogP contribution in [-0.2, 0) is 16.1 Å². The van der Waals surface area contributed by atoms with Crippen molar-refractivity contribution in [2.75, 3.05) is 7.11 Å². The van der Waals surface area contributed by atoms with Gasteiger partial charge in [-0.05, 0) is 47.7 Å². The molecule has 0 saturated carbocycles. The highest BCUT2D eigenvalue weighted by Gasteiger charge is 2.35. The maximum atomic E-state index is 12.7. The predicted octanol–water partition coefficient (Wildman–Crippen LogP) is 5.62. The van der Waals surface area contributed by atoms with Gasteiger partial charge < -0.3 is 9.15 Å². The van der Waals surface area contributed by atoms with Gasteiger partial charge in [-0.1, -0.05) is 41.9 Å². The van der Waals surface area contributed by atoms with Gasteiger partial charge in [-0.3, -0.25) is 14.5 Å². The molecule has 156 valence electrons. The van der Waals surface area contributed by atoms with Gasteiger partial charge in [0.1, 0.15) is 11.5 Å². The number of halogens is 1. The fraction of sp³-hybridized carbons (Fsp3) is 0.0870. The van der Waals surface area contributed by atoms with Crippen molar-refractivity contribution in [2.45, 2.75) is 6.54 Å². The molecule has 1 aliphatic heterocycles. The van der Waals surface area contributed by atoms with Crippen molar-refractivity contribution in [1.29, 1.82) is 0 Å². The standard InChI is InChI=1S/C23H16ClNO5S/c1-29-22(27)15-8-6-14(7-9-15)19-11-10-17(30-19)12-20-21(26)25(23(28)31-20)13-16-4-2-3-5-18(16)24/h2-12H,13H2,1H3/b20-12-. The molecule has 1 aromatic heterocycles. The van der Waals surface area contributed by atoms with Gasteiger partial charge >= 0.3 is 5.97 Å². The van der Waals surface area contributed by atoms with E-state index in [1.807, 2.05) is 0 Å². The third-order valence-electron chi connectivity index (χ3n) is 4.65. The van der Waals surface area contributed by atoms with Gasteiger partial charge in [0.15, 0.2) is 0 Å². The van der Waals surface area contributed by atoms with Gasteiger partial charge in [-0.25, -0.2) is 4.79 Å². The third kappa shape index (κ3) is 4.42. The molecule has 0 N–H and O–H groups in total. The highest BCUT2D eigenvalue weighted by Crippen LogP contribution is 2.35. The zero-order valence-corrected chi connectivity index (χ0v) is 17.9. The van der Waals surface area contributed by atoms with Crippen molar-refractivity contribution in [3.8, 4) is 11.3 Å². The van der Waals surface area contributed by atoms with Crippen LogP contribution in [0.25, 0.3) is 17.4 Å². The number of carbonyl (C=O) groups excluding carboxylic acids is 3. The van der Waals surface area contributed by atoms with Crippen LogP contribution in [0.5, 0.6) is 0 Å². The average Bonchev–Trinajstić information content (AvgIpc) is 3.35. The largest absolute Gasteiger partial charge is 0.465 e. The monoisotopic (exact) mass is 453 g/mol. The highest BCUT2D eigenvalue weighted by molar-refractivity contribution is 8.18. The van der Waals surface area contributed by atoms with E-state index >= 15 is 0 Å². The number of furan rings is 1. The molecule has 0 radical (unpaired) electrons. The summed E-state index contributed by atoms with van der Waals surface area (Å²) in [4.78, 5) is 38.1. The van der Waals surface area contributed by atoms with Gasteiger partial charge in [0, 0.05) is 16.7 Å². The van der Waals surface area contributed by atoms with Crippen LogP contribution in [0.2, 0.25) is 5.02 Å². The van der Waals surface area contributed by atoms with E-state index in [1.165, 1.54) is 7.11 Å². The van der Waals surface area contributed by atoms with E-state index in [9.17, 15) is 14.4 Å². The van der Waals surface area contributed by atoms with Gasteiger partial charge in [0.2, 0.25) is 0 Å². The molecule has 1 saturated heterocycles. The lowest BCUT2D eigenvalue weighted by molar-refractivity contribution is -0.123. The van der Waals surface area contributed by atoms with Gasteiger partial charge in [-0.2, -0.15) is 0 Å². The number of methoxy groups -OCH3 is 1. The van der Waals surface area contributed by atoms with E-state index in [1.54, 1.807) is 66.7 Å². The molecule has 0 unspecified atom stereocenters. The number of rotatable bonds is 5. The molecule has 2 aromatic carbocycles. The van der Waals surface area contributed by atoms with Crippen molar-refractivity contribution in [3.05, 3.63) is 87.5 Å². The normalized spacial score (nSPS) is 15.0. The lowest BCUT2D eigenvalue weighted by Crippen LogP contribution is -2.27. The molecule has 1 aliphatic rings. The van der Waals surface area contributed by atoms with Crippen LogP contribution < -0.4 is 0 Å². The smallest absolute Gasteiger partial charge is 0.337 e. The Labute approximate surface area is 187 Å². The van der Waals surface area contributed by atoms with E-state index in [0.29, 0.717) is 27.7 Å². The number of amides is 2. The maximum Gasteiger partial charge on any atom is 0.337 e. The van der Waals surface area contributed by atoms with Crippen molar-refractivity contribution in [3.63, 3.8) is 0 Å². The summed E-state index contributed by atoms with van der Waals surface area (Å²) in [6.07, 6.45) is 1.55. The Hall–Kier alpha value is -3.29. The summed E-state index contributed by atoms with van der Waals surface area (Å²) in [7, 11) is 1.32. The van der Waals surface area contributed by atoms with E-state index in [0.717, 1.165) is 22.2 Å². The lowest BCUT2D eigenvalue weighted by atomic mass is 10.1. The summed E-state index contributed by atoms with van der Waals surface area (Å²) in [5.41, 5.74) is 1.90. The number of ether oxygens (including phenoxy) is 1. The number of imide groups is 1. The number of hydrogen-bond acceptors (Lipinski definition) is 6. The van der Waals surface area contributed by atoms with Crippen LogP contribution in [0.3, 0.4) is 0 Å². The van der Waals surface area contributed by atoms with Crippen LogP contribution in [0, 0.1) is 0 Å². The number of carbonyl (C=O) groups is 3. The zero-order valence-electron chi connectivity index (χ0n) is 16.3. The summed E-state index contributed by atoms with van der Waals surface area (Å²) < 4.78 is 10.5. The first-order valence-electron chi connectivity index (χ1n) is 9.23. The fourth-order valence-corrected chi connectivity index (χ4v) is 4.05. The molecular formula is C23H16ClNO5S. The minimum atomic E-state index is -0.417. The van der Waals surface area contributed by atoms with Crippen LogP contribution in [0.4, 0.5) is 4.79 Å². The van der Waals surface area contributed by atoms with E-state index in [2.05, 4.69) is 4.74 Å². The van der Waals surface area contributed by atoms with Crippen molar-refractivity contribution in [2.24, 2.45) is 0 Å². The zero-order chi connectivity index (χ0) is 22.0. The number of nitrogens with zero attached hydrogens (tertiary/aromatic N) is 1. The molecule has 0 atom stereocenters. The number of thioether (sulfide) groups is 1. The average molecular weight is 454 g/mol. The highest BCUT2D eigenvalue weighted by atomic mass is 35.5.